The first kappa shape index (κ1) is 19.7. The van der Waals surface area contributed by atoms with Gasteiger partial charge in [-0.15, -0.1) is 0 Å². The molecule has 2 saturated heterocycles. The number of piperidine rings is 2. The van der Waals surface area contributed by atoms with E-state index in [9.17, 15) is 19.5 Å². The van der Waals surface area contributed by atoms with E-state index in [2.05, 4.69) is 5.32 Å². The van der Waals surface area contributed by atoms with Crippen molar-refractivity contribution in [3.05, 3.63) is 34.2 Å². The fraction of sp³-hybridized carbons (Fsp3) is 0.550. The number of hydrogen-bond acceptors (Lipinski definition) is 5. The van der Waals surface area contributed by atoms with Crippen LogP contribution >= 0.6 is 0 Å². The third-order valence-electron chi connectivity index (χ3n) is 6.20. The molecule has 9 nitrogen and oxygen atoms in total. The zero-order chi connectivity index (χ0) is 20.7. The monoisotopic (exact) mass is 402 g/mol. The van der Waals surface area contributed by atoms with Crippen molar-refractivity contribution in [1.82, 2.24) is 19.4 Å². The van der Waals surface area contributed by atoms with E-state index in [1.807, 2.05) is 18.2 Å². The van der Waals surface area contributed by atoms with Crippen molar-refractivity contribution in [1.29, 1.82) is 0 Å². The Hall–Kier alpha value is -2.65. The van der Waals surface area contributed by atoms with Gasteiger partial charge in [-0.25, -0.2) is 4.79 Å². The molecule has 0 saturated carbocycles. The number of amides is 2. The number of likely N-dealkylation sites (tertiary alicyclic amines) is 1. The molecule has 9 heteroatoms. The van der Waals surface area contributed by atoms with Crippen molar-refractivity contribution in [3.63, 3.8) is 0 Å². The van der Waals surface area contributed by atoms with Gasteiger partial charge < -0.3 is 20.4 Å². The van der Waals surface area contributed by atoms with Crippen LogP contribution in [0.15, 0.2) is 23.0 Å². The van der Waals surface area contributed by atoms with Gasteiger partial charge in [0.1, 0.15) is 18.9 Å². The van der Waals surface area contributed by atoms with E-state index in [-0.39, 0.29) is 23.4 Å². The van der Waals surface area contributed by atoms with Crippen molar-refractivity contribution in [2.24, 2.45) is 7.05 Å². The number of carbonyl (C=O) groups is 2. The molecular weight excluding hydrogens is 376 g/mol. The highest BCUT2D eigenvalue weighted by Crippen LogP contribution is 2.31. The predicted octanol–water partition coefficient (Wildman–Crippen LogP) is -0.192. The van der Waals surface area contributed by atoms with E-state index in [0.29, 0.717) is 31.4 Å². The molecule has 2 aliphatic heterocycles. The van der Waals surface area contributed by atoms with Crippen LogP contribution in [0.1, 0.15) is 43.2 Å². The summed E-state index contributed by atoms with van der Waals surface area (Å²) in [4.78, 5) is 38.5. The van der Waals surface area contributed by atoms with Crippen molar-refractivity contribution < 1.29 is 19.8 Å². The van der Waals surface area contributed by atoms with Gasteiger partial charge in [0.05, 0.1) is 11.0 Å². The lowest BCUT2D eigenvalue weighted by molar-refractivity contribution is -0.135. The van der Waals surface area contributed by atoms with Crippen molar-refractivity contribution >= 4 is 22.8 Å². The highest BCUT2D eigenvalue weighted by Gasteiger charge is 2.31. The number of nitrogens with zero attached hydrogens (tertiary/aromatic N) is 3. The SMILES string of the molecule is Cn1c(=O)n(C2CCC(O)NC2=O)c2ccc(C3CCN(C(=O)CO)CC3)cc21. The maximum Gasteiger partial charge on any atom is 0.329 e. The van der Waals surface area contributed by atoms with Gasteiger partial charge in [-0.05, 0) is 49.3 Å². The van der Waals surface area contributed by atoms with E-state index < -0.39 is 18.9 Å². The molecule has 1 aromatic heterocycles. The number of rotatable bonds is 3. The van der Waals surface area contributed by atoms with Crippen molar-refractivity contribution in [2.75, 3.05) is 19.7 Å². The zero-order valence-electron chi connectivity index (χ0n) is 16.4. The fourth-order valence-corrected chi connectivity index (χ4v) is 4.52. The smallest absolute Gasteiger partial charge is 0.329 e. The number of aryl methyl sites for hydroxylation is 1. The molecule has 4 rings (SSSR count). The number of benzene rings is 1. The average molecular weight is 402 g/mol. The molecule has 0 radical (unpaired) electrons. The summed E-state index contributed by atoms with van der Waals surface area (Å²) in [6, 6.07) is 5.24. The second-order valence-electron chi connectivity index (χ2n) is 7.89. The third kappa shape index (κ3) is 3.44. The summed E-state index contributed by atoms with van der Waals surface area (Å²) in [5, 5.41) is 21.1. The van der Waals surface area contributed by atoms with E-state index in [1.54, 1.807) is 16.5 Å². The average Bonchev–Trinajstić information content (AvgIpc) is 2.98. The summed E-state index contributed by atoms with van der Waals surface area (Å²) in [6.45, 7) is 0.747. The largest absolute Gasteiger partial charge is 0.387 e. The summed E-state index contributed by atoms with van der Waals surface area (Å²) in [5.74, 6) is -0.314. The lowest BCUT2D eigenvalue weighted by Crippen LogP contribution is -2.46. The molecule has 2 aliphatic rings. The van der Waals surface area contributed by atoms with Gasteiger partial charge in [-0.2, -0.15) is 0 Å². The second kappa shape index (κ2) is 7.64. The minimum atomic E-state index is -0.861. The Labute approximate surface area is 167 Å². The van der Waals surface area contributed by atoms with Crippen molar-refractivity contribution in [2.45, 2.75) is 43.9 Å². The predicted molar refractivity (Wildman–Crippen MR) is 105 cm³/mol. The summed E-state index contributed by atoms with van der Waals surface area (Å²) >= 11 is 0. The topological polar surface area (TPSA) is 117 Å². The Bertz CT molecular complexity index is 1000. The maximum absolute atomic E-state index is 12.9. The number of hydrogen-bond donors (Lipinski definition) is 3. The van der Waals surface area contributed by atoms with E-state index in [0.717, 1.165) is 23.9 Å². The fourth-order valence-electron chi connectivity index (χ4n) is 4.52. The second-order valence-corrected chi connectivity index (χ2v) is 7.89. The van der Waals surface area contributed by atoms with Crippen LogP contribution in [0, 0.1) is 0 Å². The molecule has 2 unspecified atom stereocenters. The van der Waals surface area contributed by atoms with Crippen LogP contribution < -0.4 is 11.0 Å². The number of imidazole rings is 1. The van der Waals surface area contributed by atoms with Gasteiger partial charge in [0.25, 0.3) is 0 Å². The first-order chi connectivity index (χ1) is 13.9. The van der Waals surface area contributed by atoms with E-state index >= 15 is 0 Å². The number of nitrogens with one attached hydrogen (secondary N) is 1. The van der Waals surface area contributed by atoms with Gasteiger partial charge in [0.15, 0.2) is 0 Å². The molecule has 2 amide bonds. The van der Waals surface area contributed by atoms with Crippen LogP contribution in [-0.2, 0) is 16.6 Å². The summed E-state index contributed by atoms with van der Waals surface area (Å²) in [6.07, 6.45) is 1.55. The molecular formula is C20H26N4O5. The normalized spacial score (nSPS) is 23.4. The number of fused-ring (bicyclic) bond motifs is 1. The lowest BCUT2D eigenvalue weighted by atomic mass is 9.89. The zero-order valence-corrected chi connectivity index (χ0v) is 16.4. The molecule has 156 valence electrons. The Kier molecular flexibility index (Phi) is 5.18. The van der Waals surface area contributed by atoms with Crippen LogP contribution in [0.3, 0.4) is 0 Å². The van der Waals surface area contributed by atoms with Gasteiger partial charge in [0.2, 0.25) is 11.8 Å². The number of carbonyl (C=O) groups excluding carboxylic acids is 2. The van der Waals surface area contributed by atoms with Crippen LogP contribution in [0.4, 0.5) is 0 Å². The Balaban J connectivity index is 1.63. The van der Waals surface area contributed by atoms with Gasteiger partial charge in [0, 0.05) is 20.1 Å². The Morgan fingerprint density at radius 1 is 1.14 bits per heavy atom. The van der Waals surface area contributed by atoms with Gasteiger partial charge in [-0.1, -0.05) is 6.07 Å². The molecule has 0 aliphatic carbocycles. The minimum Gasteiger partial charge on any atom is -0.387 e. The molecule has 3 N–H and O–H groups in total. The molecule has 2 atom stereocenters. The van der Waals surface area contributed by atoms with Crippen LogP contribution in [0.5, 0.6) is 0 Å². The first-order valence-electron chi connectivity index (χ1n) is 9.98. The Morgan fingerprint density at radius 3 is 2.52 bits per heavy atom. The first-order valence-corrected chi connectivity index (χ1v) is 9.98. The summed E-state index contributed by atoms with van der Waals surface area (Å²) in [7, 11) is 1.70. The summed E-state index contributed by atoms with van der Waals surface area (Å²) in [5.41, 5.74) is 2.31. The van der Waals surface area contributed by atoms with Crippen LogP contribution in [0.25, 0.3) is 11.0 Å². The number of aliphatic hydroxyl groups excluding tert-OH is 2. The molecule has 0 bridgehead atoms. The van der Waals surface area contributed by atoms with Crippen molar-refractivity contribution in [3.8, 4) is 0 Å². The summed E-state index contributed by atoms with van der Waals surface area (Å²) < 4.78 is 3.07. The molecule has 29 heavy (non-hydrogen) atoms. The van der Waals surface area contributed by atoms with Crippen LogP contribution in [-0.4, -0.2) is 62.0 Å². The standard InChI is InChI=1S/C20H26N4O5/c1-22-16-10-13(12-6-8-23(9-7-12)18(27)11-25)2-3-14(16)24(20(22)29)15-4-5-17(26)21-19(15)28/h2-3,10,12,15,17,25-26H,4-9,11H2,1H3,(H,21,28). The highest BCUT2D eigenvalue weighted by atomic mass is 16.3. The molecule has 0 spiro atoms. The lowest BCUT2D eigenvalue weighted by Gasteiger charge is -2.32. The molecule has 3 heterocycles. The Morgan fingerprint density at radius 2 is 1.86 bits per heavy atom. The van der Waals surface area contributed by atoms with E-state index in [1.165, 1.54) is 4.57 Å². The quantitative estimate of drug-likeness (QED) is 0.658. The van der Waals surface area contributed by atoms with Crippen LogP contribution in [0.2, 0.25) is 0 Å². The number of aliphatic hydroxyl groups is 2. The highest BCUT2D eigenvalue weighted by molar-refractivity contribution is 5.85. The molecule has 1 aromatic carbocycles. The van der Waals surface area contributed by atoms with E-state index in [4.69, 9.17) is 5.11 Å². The third-order valence-corrected chi connectivity index (χ3v) is 6.20. The molecule has 2 aromatic rings. The number of aromatic nitrogens is 2. The minimum absolute atomic E-state index is 0.241. The van der Waals surface area contributed by atoms with Gasteiger partial charge in [-0.3, -0.25) is 18.7 Å². The van der Waals surface area contributed by atoms with Gasteiger partial charge >= 0.3 is 5.69 Å². The maximum atomic E-state index is 12.9. The molecule has 2 fully saturated rings.